The fraction of sp³-hybridized carbons (Fsp3) is 0.154. The maximum atomic E-state index is 11.9. The molecule has 0 aliphatic heterocycles. The highest BCUT2D eigenvalue weighted by atomic mass is 32.1. The molecule has 1 atom stereocenters. The van der Waals surface area contributed by atoms with E-state index in [1.165, 1.54) is 29.9 Å². The van der Waals surface area contributed by atoms with Gasteiger partial charge < -0.3 is 9.15 Å². The third kappa shape index (κ3) is 2.95. The van der Waals surface area contributed by atoms with Gasteiger partial charge in [-0.3, -0.25) is 4.98 Å². The smallest absolute Gasteiger partial charge is 0.359 e. The van der Waals surface area contributed by atoms with Gasteiger partial charge in [0.2, 0.25) is 0 Å². The summed E-state index contributed by atoms with van der Waals surface area (Å²) in [6.45, 7) is 1.65. The number of hydrogen-bond donors (Lipinski definition) is 0. The monoisotopic (exact) mass is 302 g/mol. The van der Waals surface area contributed by atoms with Crippen molar-refractivity contribution in [2.45, 2.75) is 13.0 Å². The van der Waals surface area contributed by atoms with Crippen molar-refractivity contribution < 1.29 is 13.9 Å². The van der Waals surface area contributed by atoms with Crippen LogP contribution in [0.15, 0.2) is 40.5 Å². The highest BCUT2D eigenvalue weighted by molar-refractivity contribution is 7.13. The summed E-state index contributed by atoms with van der Waals surface area (Å²) in [6.07, 6.45) is 3.56. The first kappa shape index (κ1) is 13.4. The van der Waals surface area contributed by atoms with Gasteiger partial charge in [-0.2, -0.15) is 0 Å². The Bertz CT molecular complexity index is 727. The summed E-state index contributed by atoms with van der Waals surface area (Å²) in [5.41, 5.74) is 0.127. The molecule has 0 saturated heterocycles. The van der Waals surface area contributed by atoms with Crippen LogP contribution in [0.3, 0.4) is 0 Å². The third-order valence-corrected chi connectivity index (χ3v) is 3.43. The second kappa shape index (κ2) is 5.80. The van der Waals surface area contributed by atoms with E-state index in [1.807, 2.05) is 17.5 Å². The molecule has 0 N–H and O–H groups in total. The molecule has 3 aromatic rings. The fourth-order valence-corrected chi connectivity index (χ4v) is 2.22. The molecule has 0 amide bonds. The number of thiophene rings is 1. The molecule has 21 heavy (non-hydrogen) atoms. The minimum Gasteiger partial charge on any atom is -0.448 e. The van der Waals surface area contributed by atoms with Gasteiger partial charge in [-0.05, 0) is 18.4 Å². The average Bonchev–Trinajstić information content (AvgIpc) is 3.19. The summed E-state index contributed by atoms with van der Waals surface area (Å²) in [5, 5.41) is 9.74. The number of nitrogens with zero attached hydrogens (tertiary/aromatic N) is 4. The number of carbonyl (C=O) groups is 1. The van der Waals surface area contributed by atoms with Crippen LogP contribution in [-0.4, -0.2) is 26.1 Å². The van der Waals surface area contributed by atoms with Crippen LogP contribution in [0.5, 0.6) is 0 Å². The summed E-state index contributed by atoms with van der Waals surface area (Å²) in [6, 6.07) is 3.76. The summed E-state index contributed by atoms with van der Waals surface area (Å²) < 4.78 is 10.7. The molecule has 0 aliphatic rings. The molecule has 3 rings (SSSR count). The average molecular weight is 302 g/mol. The molecule has 106 valence electrons. The molecule has 0 bridgehead atoms. The standard InChI is InChI=1S/C13H10N4O3S/c1-8(19-13(18)9-7-14-4-5-15-9)11-16-17-12(20-11)10-3-2-6-21-10/h2-8H,1H3/t8-/m0/s1. The van der Waals surface area contributed by atoms with E-state index in [0.29, 0.717) is 5.89 Å². The van der Waals surface area contributed by atoms with E-state index in [1.54, 1.807) is 6.92 Å². The number of hydrogen-bond acceptors (Lipinski definition) is 8. The largest absolute Gasteiger partial charge is 0.448 e. The van der Waals surface area contributed by atoms with Crippen molar-refractivity contribution in [2.75, 3.05) is 0 Å². The summed E-state index contributed by atoms with van der Waals surface area (Å²) in [7, 11) is 0. The molecule has 3 aromatic heterocycles. The van der Waals surface area contributed by atoms with Crippen LogP contribution in [-0.2, 0) is 4.74 Å². The predicted molar refractivity (Wildman–Crippen MR) is 73.5 cm³/mol. The van der Waals surface area contributed by atoms with Crippen molar-refractivity contribution in [3.05, 3.63) is 47.7 Å². The zero-order chi connectivity index (χ0) is 14.7. The lowest BCUT2D eigenvalue weighted by molar-refractivity contribution is 0.0272. The van der Waals surface area contributed by atoms with Crippen LogP contribution >= 0.6 is 11.3 Å². The quantitative estimate of drug-likeness (QED) is 0.684. The second-order valence-corrected chi connectivity index (χ2v) is 5.01. The van der Waals surface area contributed by atoms with Gasteiger partial charge in [-0.1, -0.05) is 6.07 Å². The maximum absolute atomic E-state index is 11.9. The van der Waals surface area contributed by atoms with Crippen LogP contribution in [0, 0.1) is 0 Å². The van der Waals surface area contributed by atoms with Gasteiger partial charge in [-0.25, -0.2) is 9.78 Å². The Balaban J connectivity index is 1.71. The molecule has 0 spiro atoms. The number of esters is 1. The number of rotatable bonds is 4. The zero-order valence-corrected chi connectivity index (χ0v) is 11.8. The molecule has 0 aromatic carbocycles. The van der Waals surface area contributed by atoms with Gasteiger partial charge in [0.05, 0.1) is 11.1 Å². The van der Waals surface area contributed by atoms with Gasteiger partial charge >= 0.3 is 5.97 Å². The predicted octanol–water partition coefficient (Wildman–Crippen LogP) is 2.51. The Morgan fingerprint density at radius 3 is 3.00 bits per heavy atom. The summed E-state index contributed by atoms with van der Waals surface area (Å²) in [4.78, 5) is 20.4. The number of ether oxygens (including phenoxy) is 1. The van der Waals surface area contributed by atoms with E-state index < -0.39 is 12.1 Å². The second-order valence-electron chi connectivity index (χ2n) is 4.06. The van der Waals surface area contributed by atoms with Crippen LogP contribution in [0.1, 0.15) is 29.4 Å². The highest BCUT2D eigenvalue weighted by Gasteiger charge is 2.20. The van der Waals surface area contributed by atoms with Crippen molar-refractivity contribution in [1.82, 2.24) is 20.2 Å². The first-order valence-corrected chi connectivity index (χ1v) is 6.96. The van der Waals surface area contributed by atoms with E-state index in [-0.39, 0.29) is 11.6 Å². The van der Waals surface area contributed by atoms with Crippen molar-refractivity contribution in [2.24, 2.45) is 0 Å². The Morgan fingerprint density at radius 1 is 1.38 bits per heavy atom. The van der Waals surface area contributed by atoms with Gasteiger partial charge in [0.25, 0.3) is 11.8 Å². The first-order valence-electron chi connectivity index (χ1n) is 6.08. The molecule has 0 unspecified atom stereocenters. The SMILES string of the molecule is C[C@H](OC(=O)c1cnccn1)c1nnc(-c2cccs2)o1. The fourth-order valence-electron chi connectivity index (χ4n) is 1.57. The highest BCUT2D eigenvalue weighted by Crippen LogP contribution is 2.26. The maximum Gasteiger partial charge on any atom is 0.359 e. The van der Waals surface area contributed by atoms with Crippen molar-refractivity contribution in [3.8, 4) is 10.8 Å². The van der Waals surface area contributed by atoms with E-state index in [9.17, 15) is 4.79 Å². The minimum atomic E-state index is -0.666. The lowest BCUT2D eigenvalue weighted by atomic mass is 10.4. The third-order valence-electron chi connectivity index (χ3n) is 2.58. The Morgan fingerprint density at radius 2 is 2.29 bits per heavy atom. The van der Waals surface area contributed by atoms with Gasteiger partial charge in [0.1, 0.15) is 0 Å². The molecule has 3 heterocycles. The van der Waals surface area contributed by atoms with Gasteiger partial charge in [0, 0.05) is 12.4 Å². The molecular formula is C13H10N4O3S. The molecule has 7 nitrogen and oxygen atoms in total. The van der Waals surface area contributed by atoms with Gasteiger partial charge in [-0.15, -0.1) is 21.5 Å². The van der Waals surface area contributed by atoms with E-state index in [4.69, 9.17) is 9.15 Å². The van der Waals surface area contributed by atoms with E-state index in [2.05, 4.69) is 20.2 Å². The Kier molecular flexibility index (Phi) is 3.69. The zero-order valence-electron chi connectivity index (χ0n) is 11.0. The first-order chi connectivity index (χ1) is 10.2. The van der Waals surface area contributed by atoms with Gasteiger partial charge in [0.15, 0.2) is 11.8 Å². The van der Waals surface area contributed by atoms with Crippen LogP contribution in [0.4, 0.5) is 0 Å². The lowest BCUT2D eigenvalue weighted by Gasteiger charge is -2.08. The molecule has 8 heteroatoms. The molecule has 0 saturated carbocycles. The lowest BCUT2D eigenvalue weighted by Crippen LogP contribution is -2.11. The van der Waals surface area contributed by atoms with Crippen molar-refractivity contribution in [3.63, 3.8) is 0 Å². The summed E-state index contributed by atoms with van der Waals surface area (Å²) in [5.74, 6) is 0.0458. The number of aromatic nitrogens is 4. The molecular weight excluding hydrogens is 292 g/mol. The minimum absolute atomic E-state index is 0.127. The van der Waals surface area contributed by atoms with Crippen LogP contribution < -0.4 is 0 Å². The van der Waals surface area contributed by atoms with Crippen LogP contribution in [0.2, 0.25) is 0 Å². The summed E-state index contributed by atoms with van der Waals surface area (Å²) >= 11 is 1.49. The van der Waals surface area contributed by atoms with Crippen molar-refractivity contribution >= 4 is 17.3 Å². The Labute approximate surface area is 123 Å². The van der Waals surface area contributed by atoms with E-state index in [0.717, 1.165) is 4.88 Å². The topological polar surface area (TPSA) is 91.0 Å². The molecule has 0 fully saturated rings. The molecule has 0 aliphatic carbocycles. The normalized spacial score (nSPS) is 12.0. The molecule has 0 radical (unpaired) electrons. The number of carbonyl (C=O) groups excluding carboxylic acids is 1. The van der Waals surface area contributed by atoms with Crippen molar-refractivity contribution in [1.29, 1.82) is 0 Å². The Hall–Kier alpha value is -2.61. The van der Waals surface area contributed by atoms with Crippen LogP contribution in [0.25, 0.3) is 10.8 Å². The van der Waals surface area contributed by atoms with E-state index >= 15 is 0 Å².